The molecule has 0 atom stereocenters. The second-order valence-electron chi connectivity index (χ2n) is 5.55. The Bertz CT molecular complexity index is 1020. The molecular weight excluding hydrogens is 360 g/mol. The van der Waals surface area contributed by atoms with E-state index in [0.29, 0.717) is 0 Å². The molecule has 0 saturated carbocycles. The van der Waals surface area contributed by atoms with Gasteiger partial charge in [-0.25, -0.2) is 28.8 Å². The molecule has 0 radical (unpaired) electrons. The van der Waals surface area contributed by atoms with Crippen LogP contribution in [0.4, 0.5) is 0 Å². The lowest BCUT2D eigenvalue weighted by atomic mass is 10.1. The second kappa shape index (κ2) is 5.70. The van der Waals surface area contributed by atoms with Gasteiger partial charge in [-0.1, -0.05) is 0 Å². The largest absolute Gasteiger partial charge is 0.386 e. The van der Waals surface area contributed by atoms with Gasteiger partial charge in [-0.15, -0.1) is 0 Å². The third kappa shape index (κ3) is 2.58. The summed E-state index contributed by atoms with van der Waals surface area (Å²) in [6.45, 7) is 0. The summed E-state index contributed by atoms with van der Waals surface area (Å²) in [5.74, 6) is -5.62. The van der Waals surface area contributed by atoms with E-state index < -0.39 is 35.8 Å². The van der Waals surface area contributed by atoms with Gasteiger partial charge < -0.3 is 14.2 Å². The van der Waals surface area contributed by atoms with E-state index in [1.807, 2.05) is 0 Å². The molecule has 0 fully saturated rings. The Labute approximate surface area is 149 Å². The van der Waals surface area contributed by atoms with Gasteiger partial charge in [-0.2, -0.15) is 0 Å². The molecule has 2 aromatic rings. The van der Waals surface area contributed by atoms with Gasteiger partial charge in [-0.05, 0) is 36.4 Å². The first-order valence-corrected chi connectivity index (χ1v) is 7.43. The molecule has 0 unspecified atom stereocenters. The Morgan fingerprint density at radius 2 is 0.963 bits per heavy atom. The van der Waals surface area contributed by atoms with Crippen molar-refractivity contribution in [2.24, 2.45) is 0 Å². The molecule has 0 aromatic heterocycles. The smallest absolute Gasteiger partial charge is 0.346 e. The standard InChI is InChI=1S/C18H6O9/c19-13(7-1-3-9-11(5-7)17(23)26-15(9)21)25-14(20)8-2-4-10-12(6-8)18(24)27-16(10)22/h1-6H. The van der Waals surface area contributed by atoms with Crippen LogP contribution in [0.15, 0.2) is 36.4 Å². The topological polar surface area (TPSA) is 130 Å². The molecule has 9 nitrogen and oxygen atoms in total. The zero-order valence-electron chi connectivity index (χ0n) is 13.1. The van der Waals surface area contributed by atoms with Crippen LogP contribution in [0.5, 0.6) is 0 Å². The molecule has 0 amide bonds. The van der Waals surface area contributed by atoms with Crippen molar-refractivity contribution in [2.75, 3.05) is 0 Å². The number of benzene rings is 2. The molecular formula is C18H6O9. The zero-order chi connectivity index (χ0) is 19.3. The van der Waals surface area contributed by atoms with Crippen LogP contribution >= 0.6 is 0 Å². The Balaban J connectivity index is 1.57. The summed E-state index contributed by atoms with van der Waals surface area (Å²) in [6.07, 6.45) is 0. The lowest BCUT2D eigenvalue weighted by Gasteiger charge is -2.04. The number of hydrogen-bond acceptors (Lipinski definition) is 9. The number of cyclic esters (lactones) is 4. The van der Waals surface area contributed by atoms with Gasteiger partial charge in [0.25, 0.3) is 0 Å². The highest BCUT2D eigenvalue weighted by Crippen LogP contribution is 2.23. The second-order valence-corrected chi connectivity index (χ2v) is 5.55. The van der Waals surface area contributed by atoms with Crippen LogP contribution in [0.3, 0.4) is 0 Å². The van der Waals surface area contributed by atoms with Crippen molar-refractivity contribution >= 4 is 35.8 Å². The van der Waals surface area contributed by atoms with E-state index in [9.17, 15) is 28.8 Å². The molecule has 0 N–H and O–H groups in total. The SMILES string of the molecule is O=C(OC(=O)c1ccc2c(c1)C(=O)OC2=O)c1ccc2c(c1)C(=O)OC2=O. The van der Waals surface area contributed by atoms with Crippen LogP contribution in [0.25, 0.3) is 0 Å². The molecule has 0 spiro atoms. The fraction of sp³-hybridized carbons (Fsp3) is 0. The van der Waals surface area contributed by atoms with Crippen molar-refractivity contribution < 1.29 is 43.0 Å². The van der Waals surface area contributed by atoms with Crippen molar-refractivity contribution in [1.82, 2.24) is 0 Å². The van der Waals surface area contributed by atoms with Crippen LogP contribution in [-0.4, -0.2) is 35.8 Å². The Hall–Kier alpha value is -4.14. The van der Waals surface area contributed by atoms with Crippen LogP contribution < -0.4 is 0 Å². The molecule has 2 aliphatic rings. The normalized spacial score (nSPS) is 14.4. The third-order valence-electron chi connectivity index (χ3n) is 3.95. The highest BCUT2D eigenvalue weighted by molar-refractivity contribution is 6.17. The summed E-state index contributed by atoms with van der Waals surface area (Å²) in [5.41, 5.74) is -0.510. The van der Waals surface area contributed by atoms with Gasteiger partial charge in [0.1, 0.15) is 0 Å². The van der Waals surface area contributed by atoms with Gasteiger partial charge in [0, 0.05) is 0 Å². The Morgan fingerprint density at radius 1 is 0.593 bits per heavy atom. The van der Waals surface area contributed by atoms with Crippen LogP contribution in [0.2, 0.25) is 0 Å². The van der Waals surface area contributed by atoms with Gasteiger partial charge in [-0.3, -0.25) is 0 Å². The van der Waals surface area contributed by atoms with Gasteiger partial charge in [0.15, 0.2) is 0 Å². The van der Waals surface area contributed by atoms with Crippen molar-refractivity contribution in [2.45, 2.75) is 0 Å². The first-order chi connectivity index (χ1) is 12.8. The van der Waals surface area contributed by atoms with E-state index in [-0.39, 0.29) is 33.4 Å². The molecule has 9 heteroatoms. The van der Waals surface area contributed by atoms with Gasteiger partial charge >= 0.3 is 35.8 Å². The highest BCUT2D eigenvalue weighted by atomic mass is 16.6. The van der Waals surface area contributed by atoms with E-state index in [1.165, 1.54) is 24.3 Å². The van der Waals surface area contributed by atoms with Crippen molar-refractivity contribution in [3.05, 3.63) is 69.8 Å². The number of carbonyl (C=O) groups is 6. The summed E-state index contributed by atoms with van der Waals surface area (Å²) in [6, 6.07) is 6.98. The van der Waals surface area contributed by atoms with Crippen molar-refractivity contribution in [1.29, 1.82) is 0 Å². The zero-order valence-corrected chi connectivity index (χ0v) is 13.1. The number of esters is 6. The summed E-state index contributed by atoms with van der Waals surface area (Å²) in [4.78, 5) is 70.1. The van der Waals surface area contributed by atoms with Gasteiger partial charge in [0.05, 0.1) is 33.4 Å². The highest BCUT2D eigenvalue weighted by Gasteiger charge is 2.32. The van der Waals surface area contributed by atoms with Crippen molar-refractivity contribution in [3.63, 3.8) is 0 Å². The maximum absolute atomic E-state index is 12.1. The fourth-order valence-electron chi connectivity index (χ4n) is 2.63. The first-order valence-electron chi connectivity index (χ1n) is 7.43. The molecule has 4 rings (SSSR count). The van der Waals surface area contributed by atoms with E-state index in [0.717, 1.165) is 12.1 Å². The Kier molecular flexibility index (Phi) is 3.45. The van der Waals surface area contributed by atoms with E-state index in [4.69, 9.17) is 4.74 Å². The molecule has 2 aliphatic heterocycles. The predicted molar refractivity (Wildman–Crippen MR) is 82.1 cm³/mol. The number of carbonyl (C=O) groups excluding carboxylic acids is 6. The summed E-state index contributed by atoms with van der Waals surface area (Å²) in [5, 5.41) is 0. The first kappa shape index (κ1) is 16.3. The minimum absolute atomic E-state index is 0.00433. The summed E-state index contributed by atoms with van der Waals surface area (Å²) < 4.78 is 13.5. The average molecular weight is 366 g/mol. The number of ether oxygens (including phenoxy) is 3. The van der Waals surface area contributed by atoms with Crippen LogP contribution in [-0.2, 0) is 14.2 Å². The molecule has 132 valence electrons. The van der Waals surface area contributed by atoms with Crippen LogP contribution in [0, 0.1) is 0 Å². The molecule has 0 aliphatic carbocycles. The maximum atomic E-state index is 12.1. The molecule has 2 heterocycles. The number of rotatable bonds is 2. The molecule has 0 saturated heterocycles. The molecule has 0 bridgehead atoms. The third-order valence-corrected chi connectivity index (χ3v) is 3.95. The number of hydrogen-bond donors (Lipinski definition) is 0. The quantitative estimate of drug-likeness (QED) is 0.438. The van der Waals surface area contributed by atoms with E-state index in [1.54, 1.807) is 0 Å². The Morgan fingerprint density at radius 3 is 1.37 bits per heavy atom. The predicted octanol–water partition coefficient (Wildman–Crippen LogP) is 1.31. The monoisotopic (exact) mass is 366 g/mol. The lowest BCUT2D eigenvalue weighted by molar-refractivity contribution is 0.0391. The summed E-state index contributed by atoms with van der Waals surface area (Å²) >= 11 is 0. The summed E-state index contributed by atoms with van der Waals surface area (Å²) in [7, 11) is 0. The molecule has 2 aromatic carbocycles. The van der Waals surface area contributed by atoms with E-state index in [2.05, 4.69) is 9.47 Å². The van der Waals surface area contributed by atoms with E-state index >= 15 is 0 Å². The average Bonchev–Trinajstić information content (AvgIpc) is 3.10. The molecule has 27 heavy (non-hydrogen) atoms. The maximum Gasteiger partial charge on any atom is 0.346 e. The lowest BCUT2D eigenvalue weighted by Crippen LogP contribution is -2.14. The van der Waals surface area contributed by atoms with Gasteiger partial charge in [0.2, 0.25) is 0 Å². The van der Waals surface area contributed by atoms with Crippen molar-refractivity contribution in [3.8, 4) is 0 Å². The fourth-order valence-corrected chi connectivity index (χ4v) is 2.63. The minimum Gasteiger partial charge on any atom is -0.386 e. The number of fused-ring (bicyclic) bond motifs is 2. The minimum atomic E-state index is -1.07. The van der Waals surface area contributed by atoms with Crippen LogP contribution in [0.1, 0.15) is 62.1 Å².